The van der Waals surface area contributed by atoms with Crippen LogP contribution in [-0.4, -0.2) is 32.8 Å². The molecule has 3 N–H and O–H groups in total. The molecule has 2 heterocycles. The van der Waals surface area contributed by atoms with Crippen LogP contribution in [0.5, 0.6) is 0 Å². The Bertz CT molecular complexity index is 1090. The van der Waals surface area contributed by atoms with E-state index in [9.17, 15) is 4.79 Å². The van der Waals surface area contributed by atoms with Gasteiger partial charge in [-0.1, -0.05) is 18.2 Å². The molecule has 4 rings (SSSR count). The Labute approximate surface area is 182 Å². The fraction of sp³-hybridized carbons (Fsp3) is 0.375. The van der Waals surface area contributed by atoms with Gasteiger partial charge in [-0.05, 0) is 55.9 Å². The van der Waals surface area contributed by atoms with E-state index in [1.54, 1.807) is 23.1 Å². The van der Waals surface area contributed by atoms with Gasteiger partial charge in [0.15, 0.2) is 0 Å². The van der Waals surface area contributed by atoms with Crippen molar-refractivity contribution in [2.24, 2.45) is 7.05 Å². The number of rotatable bonds is 6. The number of aryl methyl sites for hydroxylation is 2. The van der Waals surface area contributed by atoms with E-state index in [1.165, 1.54) is 16.7 Å². The molecule has 1 aromatic carbocycles. The molecule has 1 aliphatic carbocycles. The molecule has 0 radical (unpaired) electrons. The SMILES string of the molecule is Cc1cccc(CO[C@H]2CCC[C@@H]2NC(=O)c2cc(-c3cnn(C)c3)cnc2N)c1C. The predicted octanol–water partition coefficient (Wildman–Crippen LogP) is 3.55. The predicted molar refractivity (Wildman–Crippen MR) is 120 cm³/mol. The van der Waals surface area contributed by atoms with Gasteiger partial charge in [-0.25, -0.2) is 4.98 Å². The molecule has 7 nitrogen and oxygen atoms in total. The lowest BCUT2D eigenvalue weighted by Crippen LogP contribution is -2.41. The van der Waals surface area contributed by atoms with Crippen LogP contribution in [0, 0.1) is 13.8 Å². The average molecular weight is 420 g/mol. The fourth-order valence-corrected chi connectivity index (χ4v) is 4.09. The van der Waals surface area contributed by atoms with E-state index in [4.69, 9.17) is 10.5 Å². The van der Waals surface area contributed by atoms with Crippen LogP contribution < -0.4 is 11.1 Å². The molecule has 1 amide bonds. The van der Waals surface area contributed by atoms with E-state index in [-0.39, 0.29) is 23.9 Å². The maximum Gasteiger partial charge on any atom is 0.255 e. The van der Waals surface area contributed by atoms with E-state index < -0.39 is 0 Å². The van der Waals surface area contributed by atoms with Gasteiger partial charge in [-0.2, -0.15) is 5.10 Å². The zero-order valence-electron chi connectivity index (χ0n) is 18.3. The monoisotopic (exact) mass is 419 g/mol. The number of pyridine rings is 1. The average Bonchev–Trinajstić information content (AvgIpc) is 3.38. The number of hydrogen-bond acceptors (Lipinski definition) is 5. The molecule has 162 valence electrons. The highest BCUT2D eigenvalue weighted by molar-refractivity contribution is 5.99. The highest BCUT2D eigenvalue weighted by Gasteiger charge is 2.30. The van der Waals surface area contributed by atoms with Crippen LogP contribution in [0.4, 0.5) is 5.82 Å². The summed E-state index contributed by atoms with van der Waals surface area (Å²) in [7, 11) is 1.85. The fourth-order valence-electron chi connectivity index (χ4n) is 4.09. The van der Waals surface area contributed by atoms with Gasteiger partial charge >= 0.3 is 0 Å². The summed E-state index contributed by atoms with van der Waals surface area (Å²) in [4.78, 5) is 17.2. The Balaban J connectivity index is 1.44. The number of carbonyl (C=O) groups is 1. The third-order valence-electron chi connectivity index (χ3n) is 6.14. The molecule has 31 heavy (non-hydrogen) atoms. The minimum Gasteiger partial charge on any atom is -0.383 e. The number of ether oxygens (including phenoxy) is 1. The zero-order chi connectivity index (χ0) is 22.0. The van der Waals surface area contributed by atoms with Gasteiger partial charge in [0.1, 0.15) is 5.82 Å². The summed E-state index contributed by atoms with van der Waals surface area (Å²) < 4.78 is 7.94. The number of nitrogens with zero attached hydrogens (tertiary/aromatic N) is 3. The standard InChI is InChI=1S/C24H29N5O2/c1-15-6-4-7-17(16(15)2)14-31-22-9-5-8-21(22)28-24(30)20-10-18(11-26-23(20)25)19-12-27-29(3)13-19/h4,6-7,10-13,21-22H,5,8-9,14H2,1-3H3,(H2,25,26)(H,28,30)/t21-,22-/m0/s1. The van der Waals surface area contributed by atoms with Crippen molar-refractivity contribution < 1.29 is 9.53 Å². The number of nitrogens with one attached hydrogen (secondary N) is 1. The summed E-state index contributed by atoms with van der Waals surface area (Å²) in [6.45, 7) is 4.77. The van der Waals surface area contributed by atoms with E-state index in [1.807, 2.05) is 13.2 Å². The third kappa shape index (κ3) is 4.61. The second kappa shape index (κ2) is 8.89. The molecule has 0 aliphatic heterocycles. The van der Waals surface area contributed by atoms with Crippen LogP contribution in [0.25, 0.3) is 11.1 Å². The van der Waals surface area contributed by atoms with Crippen LogP contribution in [0.3, 0.4) is 0 Å². The topological polar surface area (TPSA) is 95.1 Å². The quantitative estimate of drug-likeness (QED) is 0.637. The largest absolute Gasteiger partial charge is 0.383 e. The smallest absolute Gasteiger partial charge is 0.255 e. The molecule has 3 aromatic rings. The maximum atomic E-state index is 13.0. The lowest BCUT2D eigenvalue weighted by molar-refractivity contribution is 0.0269. The van der Waals surface area contributed by atoms with Gasteiger partial charge in [0.25, 0.3) is 5.91 Å². The molecule has 0 unspecified atom stereocenters. The summed E-state index contributed by atoms with van der Waals surface area (Å²) in [6, 6.07) is 7.99. The Kier molecular flexibility index (Phi) is 6.04. The van der Waals surface area contributed by atoms with Gasteiger partial charge in [0, 0.05) is 30.6 Å². The minimum atomic E-state index is -0.219. The number of aromatic nitrogens is 3. The zero-order valence-corrected chi connectivity index (χ0v) is 18.3. The Morgan fingerprint density at radius 3 is 2.87 bits per heavy atom. The van der Waals surface area contributed by atoms with Gasteiger partial charge in [0.2, 0.25) is 0 Å². The van der Waals surface area contributed by atoms with E-state index in [0.29, 0.717) is 12.2 Å². The van der Waals surface area contributed by atoms with Crippen molar-refractivity contribution in [3.8, 4) is 11.1 Å². The van der Waals surface area contributed by atoms with Crippen molar-refractivity contribution in [2.75, 3.05) is 5.73 Å². The highest BCUT2D eigenvalue weighted by Crippen LogP contribution is 2.26. The lowest BCUT2D eigenvalue weighted by Gasteiger charge is -2.22. The van der Waals surface area contributed by atoms with Gasteiger partial charge in [-0.3, -0.25) is 9.48 Å². The van der Waals surface area contributed by atoms with Crippen molar-refractivity contribution in [1.29, 1.82) is 0 Å². The Morgan fingerprint density at radius 1 is 1.26 bits per heavy atom. The molecule has 1 aliphatic rings. The van der Waals surface area contributed by atoms with Gasteiger partial charge in [-0.15, -0.1) is 0 Å². The molecule has 1 saturated carbocycles. The first-order valence-electron chi connectivity index (χ1n) is 10.6. The molecule has 7 heteroatoms. The van der Waals surface area contributed by atoms with Crippen LogP contribution in [-0.2, 0) is 18.4 Å². The number of anilines is 1. The van der Waals surface area contributed by atoms with E-state index in [0.717, 1.165) is 30.4 Å². The van der Waals surface area contributed by atoms with Crippen molar-refractivity contribution >= 4 is 11.7 Å². The Morgan fingerprint density at radius 2 is 2.10 bits per heavy atom. The summed E-state index contributed by atoms with van der Waals surface area (Å²) in [5.41, 5.74) is 11.8. The molecule has 2 atom stereocenters. The first-order valence-corrected chi connectivity index (χ1v) is 10.6. The van der Waals surface area contributed by atoms with Crippen LogP contribution >= 0.6 is 0 Å². The molecule has 0 saturated heterocycles. The normalized spacial score (nSPS) is 18.3. The minimum absolute atomic E-state index is 0.0143. The number of carbonyl (C=O) groups excluding carboxylic acids is 1. The highest BCUT2D eigenvalue weighted by atomic mass is 16.5. The third-order valence-corrected chi connectivity index (χ3v) is 6.14. The molecule has 1 fully saturated rings. The number of nitrogen functional groups attached to an aromatic ring is 1. The lowest BCUT2D eigenvalue weighted by atomic mass is 10.0. The maximum absolute atomic E-state index is 13.0. The molecule has 0 spiro atoms. The molecule has 2 aromatic heterocycles. The molecular formula is C24H29N5O2. The van der Waals surface area contributed by atoms with Crippen molar-refractivity contribution in [1.82, 2.24) is 20.1 Å². The van der Waals surface area contributed by atoms with E-state index >= 15 is 0 Å². The molecule has 0 bridgehead atoms. The van der Waals surface area contributed by atoms with Crippen LogP contribution in [0.2, 0.25) is 0 Å². The first kappa shape index (κ1) is 21.1. The van der Waals surface area contributed by atoms with E-state index in [2.05, 4.69) is 47.4 Å². The van der Waals surface area contributed by atoms with Crippen LogP contribution in [0.15, 0.2) is 42.9 Å². The van der Waals surface area contributed by atoms with Crippen LogP contribution in [0.1, 0.15) is 46.3 Å². The number of nitrogens with two attached hydrogens (primary N) is 1. The first-order chi connectivity index (χ1) is 14.9. The van der Waals surface area contributed by atoms with Gasteiger partial charge < -0.3 is 15.8 Å². The summed E-state index contributed by atoms with van der Waals surface area (Å²) in [5, 5.41) is 7.31. The summed E-state index contributed by atoms with van der Waals surface area (Å²) in [5.74, 6) is -0.000956. The Hall–Kier alpha value is -3.19. The summed E-state index contributed by atoms with van der Waals surface area (Å²) >= 11 is 0. The number of hydrogen-bond donors (Lipinski definition) is 2. The second-order valence-corrected chi connectivity index (χ2v) is 8.28. The van der Waals surface area contributed by atoms with Crippen molar-refractivity contribution in [3.63, 3.8) is 0 Å². The number of benzene rings is 1. The molecular weight excluding hydrogens is 390 g/mol. The second-order valence-electron chi connectivity index (χ2n) is 8.28. The van der Waals surface area contributed by atoms with Crippen molar-refractivity contribution in [2.45, 2.75) is 51.9 Å². The van der Waals surface area contributed by atoms with Crippen molar-refractivity contribution in [3.05, 3.63) is 65.1 Å². The number of amides is 1. The van der Waals surface area contributed by atoms with Gasteiger partial charge in [0.05, 0.1) is 30.5 Å². The summed E-state index contributed by atoms with van der Waals surface area (Å²) in [6.07, 6.45) is 8.10.